The van der Waals surface area contributed by atoms with Gasteiger partial charge in [0.1, 0.15) is 11.3 Å². The summed E-state index contributed by atoms with van der Waals surface area (Å²) in [5.41, 5.74) is 3.67. The maximum absolute atomic E-state index is 12.0. The first-order valence-electron chi connectivity index (χ1n) is 8.79. The normalized spacial score (nSPS) is 11.3. The molecular weight excluding hydrogens is 354 g/mol. The average molecular weight is 369 g/mol. The molecule has 0 fully saturated rings. The first-order valence-corrected chi connectivity index (χ1v) is 8.79. The van der Waals surface area contributed by atoms with Gasteiger partial charge in [0.2, 0.25) is 0 Å². The zero-order valence-corrected chi connectivity index (χ0v) is 15.0. The Morgan fingerprint density at radius 2 is 1.75 bits per heavy atom. The van der Waals surface area contributed by atoms with Gasteiger partial charge >= 0.3 is 5.69 Å². The minimum absolute atomic E-state index is 0.101. The minimum atomic E-state index is -0.304. The second-order valence-corrected chi connectivity index (χ2v) is 6.49. The van der Waals surface area contributed by atoms with Gasteiger partial charge in [0.05, 0.1) is 34.1 Å². The molecule has 0 radical (unpaired) electrons. The van der Waals surface area contributed by atoms with Crippen molar-refractivity contribution in [2.75, 3.05) is 7.11 Å². The van der Waals surface area contributed by atoms with Crippen molar-refractivity contribution in [3.05, 3.63) is 83.0 Å². The van der Waals surface area contributed by atoms with Crippen LogP contribution in [0.1, 0.15) is 0 Å². The van der Waals surface area contributed by atoms with E-state index in [-0.39, 0.29) is 10.6 Å². The number of methoxy groups -OCH3 is 1. The molecule has 0 atom stereocenters. The van der Waals surface area contributed by atoms with Gasteiger partial charge in [-0.1, -0.05) is 24.3 Å². The Bertz CT molecular complexity index is 1370. The first-order chi connectivity index (χ1) is 13.7. The van der Waals surface area contributed by atoms with Crippen LogP contribution in [0.5, 0.6) is 5.75 Å². The van der Waals surface area contributed by atoms with Crippen LogP contribution in [-0.2, 0) is 0 Å². The Labute approximate surface area is 159 Å². The molecule has 2 aromatic carbocycles. The highest BCUT2D eigenvalue weighted by molar-refractivity contribution is 6.18. The fourth-order valence-electron chi connectivity index (χ4n) is 3.77. The summed E-state index contributed by atoms with van der Waals surface area (Å²) in [6.45, 7) is 0. The van der Waals surface area contributed by atoms with Crippen molar-refractivity contribution in [3.63, 3.8) is 0 Å². The lowest BCUT2D eigenvalue weighted by Crippen LogP contribution is -1.92. The Hall–Kier alpha value is -3.93. The van der Waals surface area contributed by atoms with E-state index in [1.165, 1.54) is 0 Å². The summed E-state index contributed by atoms with van der Waals surface area (Å²) in [7, 11) is 1.62. The topological polar surface area (TPSA) is 69.7 Å². The second kappa shape index (κ2) is 6.06. The van der Waals surface area contributed by atoms with E-state index in [1.807, 2.05) is 71.3 Å². The molecule has 0 saturated carbocycles. The highest BCUT2D eigenvalue weighted by atomic mass is 16.6. The predicted octanol–water partition coefficient (Wildman–Crippen LogP) is 5.22. The van der Waals surface area contributed by atoms with Crippen LogP contribution in [0.4, 0.5) is 5.69 Å². The molecule has 3 aromatic heterocycles. The van der Waals surface area contributed by atoms with Crippen LogP contribution in [0.15, 0.2) is 72.9 Å². The quantitative estimate of drug-likeness (QED) is 0.323. The van der Waals surface area contributed by atoms with Crippen LogP contribution < -0.4 is 4.74 Å². The van der Waals surface area contributed by atoms with Gasteiger partial charge in [0.15, 0.2) is 0 Å². The average Bonchev–Trinajstić information content (AvgIpc) is 3.09. The van der Waals surface area contributed by atoms with Crippen LogP contribution in [0, 0.1) is 10.1 Å². The molecule has 6 nitrogen and oxygen atoms in total. The first kappa shape index (κ1) is 16.3. The van der Waals surface area contributed by atoms with E-state index < -0.39 is 0 Å². The summed E-state index contributed by atoms with van der Waals surface area (Å²) in [4.78, 5) is 16.6. The van der Waals surface area contributed by atoms with Gasteiger partial charge in [0, 0.05) is 17.1 Å². The number of benzene rings is 2. The maximum atomic E-state index is 12.0. The number of rotatable bonds is 3. The Balaban J connectivity index is 2.03. The standard InChI is InChI=1S/C22H15N3O3/c1-28-15-11-9-14(10-12-15)20-22-19(16-6-2-3-7-17(16)23-20)21(25(26)27)18-8-4-5-13-24(18)22/h2-13H,1H3. The summed E-state index contributed by atoms with van der Waals surface area (Å²) in [5, 5.41) is 13.4. The Morgan fingerprint density at radius 3 is 2.50 bits per heavy atom. The SMILES string of the molecule is COc1ccc(-c2nc3ccccc3c3c([N+](=O)[O-])c4ccccn4c23)cc1. The van der Waals surface area contributed by atoms with Crippen molar-refractivity contribution >= 4 is 33.0 Å². The van der Waals surface area contributed by atoms with E-state index in [1.54, 1.807) is 13.2 Å². The molecule has 0 aliphatic carbocycles. The van der Waals surface area contributed by atoms with Gasteiger partial charge < -0.3 is 9.14 Å². The molecule has 28 heavy (non-hydrogen) atoms. The highest BCUT2D eigenvalue weighted by Crippen LogP contribution is 2.41. The molecule has 0 N–H and O–H groups in total. The number of hydrogen-bond donors (Lipinski definition) is 0. The second-order valence-electron chi connectivity index (χ2n) is 6.49. The molecular formula is C22H15N3O3. The van der Waals surface area contributed by atoms with Gasteiger partial charge in [-0.15, -0.1) is 0 Å². The molecule has 0 aliphatic heterocycles. The minimum Gasteiger partial charge on any atom is -0.497 e. The summed E-state index contributed by atoms with van der Waals surface area (Å²) in [6, 6.07) is 20.5. The van der Waals surface area contributed by atoms with Crippen LogP contribution in [-0.4, -0.2) is 21.4 Å². The van der Waals surface area contributed by atoms with Gasteiger partial charge in [-0.25, -0.2) is 4.98 Å². The lowest BCUT2D eigenvalue weighted by Gasteiger charge is -2.08. The summed E-state index contributed by atoms with van der Waals surface area (Å²) in [6.07, 6.45) is 1.84. The number of nitro groups is 1. The Kier molecular flexibility index (Phi) is 3.52. The van der Waals surface area contributed by atoms with Gasteiger partial charge in [-0.2, -0.15) is 0 Å². The number of para-hydroxylation sites is 1. The fraction of sp³-hybridized carbons (Fsp3) is 0.0455. The van der Waals surface area contributed by atoms with Crippen molar-refractivity contribution < 1.29 is 9.66 Å². The molecule has 0 unspecified atom stereocenters. The van der Waals surface area contributed by atoms with Crippen LogP contribution in [0.3, 0.4) is 0 Å². The van der Waals surface area contributed by atoms with Crippen molar-refractivity contribution in [2.45, 2.75) is 0 Å². The lowest BCUT2D eigenvalue weighted by molar-refractivity contribution is -0.381. The number of nitrogens with zero attached hydrogens (tertiary/aromatic N) is 3. The fourth-order valence-corrected chi connectivity index (χ4v) is 3.77. The molecule has 5 rings (SSSR count). The Morgan fingerprint density at radius 1 is 1.00 bits per heavy atom. The molecule has 3 heterocycles. The predicted molar refractivity (Wildman–Crippen MR) is 109 cm³/mol. The molecule has 0 saturated heterocycles. The van der Waals surface area contributed by atoms with Crippen LogP contribution >= 0.6 is 0 Å². The van der Waals surface area contributed by atoms with E-state index in [2.05, 4.69) is 0 Å². The number of fused-ring (bicyclic) bond motifs is 5. The molecule has 5 aromatic rings. The van der Waals surface area contributed by atoms with E-state index in [0.29, 0.717) is 16.6 Å². The van der Waals surface area contributed by atoms with Crippen molar-refractivity contribution in [3.8, 4) is 17.0 Å². The monoisotopic (exact) mass is 369 g/mol. The van der Waals surface area contributed by atoms with Gasteiger partial charge in [-0.05, 0) is 42.5 Å². The molecule has 0 bridgehead atoms. The zero-order chi connectivity index (χ0) is 19.3. The molecule has 0 aliphatic rings. The van der Waals surface area contributed by atoms with Crippen LogP contribution in [0.25, 0.3) is 38.6 Å². The number of hydrogen-bond acceptors (Lipinski definition) is 4. The van der Waals surface area contributed by atoms with Crippen molar-refractivity contribution in [2.24, 2.45) is 0 Å². The summed E-state index contributed by atoms with van der Waals surface area (Å²) in [5.74, 6) is 0.742. The molecule has 0 amide bonds. The number of pyridine rings is 2. The van der Waals surface area contributed by atoms with Crippen molar-refractivity contribution in [1.29, 1.82) is 0 Å². The molecule has 136 valence electrons. The third-order valence-corrected chi connectivity index (χ3v) is 4.99. The third-order valence-electron chi connectivity index (χ3n) is 4.99. The summed E-state index contributed by atoms with van der Waals surface area (Å²) >= 11 is 0. The molecule has 6 heteroatoms. The lowest BCUT2D eigenvalue weighted by atomic mass is 10.0. The van der Waals surface area contributed by atoms with Crippen LogP contribution in [0.2, 0.25) is 0 Å². The largest absolute Gasteiger partial charge is 0.497 e. The van der Waals surface area contributed by atoms with E-state index in [4.69, 9.17) is 9.72 Å². The van der Waals surface area contributed by atoms with Crippen molar-refractivity contribution in [1.82, 2.24) is 9.38 Å². The maximum Gasteiger partial charge on any atom is 0.303 e. The molecule has 0 spiro atoms. The third kappa shape index (κ3) is 2.24. The van der Waals surface area contributed by atoms with E-state index in [0.717, 1.165) is 27.7 Å². The van der Waals surface area contributed by atoms with E-state index in [9.17, 15) is 10.1 Å². The summed E-state index contributed by atoms with van der Waals surface area (Å²) < 4.78 is 7.11. The smallest absolute Gasteiger partial charge is 0.303 e. The van der Waals surface area contributed by atoms with E-state index >= 15 is 0 Å². The van der Waals surface area contributed by atoms with Gasteiger partial charge in [-0.3, -0.25) is 10.1 Å². The number of aromatic nitrogens is 2. The highest BCUT2D eigenvalue weighted by Gasteiger charge is 2.26. The van der Waals surface area contributed by atoms with Gasteiger partial charge in [0.25, 0.3) is 0 Å². The zero-order valence-electron chi connectivity index (χ0n) is 15.0. The number of ether oxygens (including phenoxy) is 1.